The Bertz CT molecular complexity index is 785. The van der Waals surface area contributed by atoms with Crippen LogP contribution in [0.3, 0.4) is 0 Å². The Morgan fingerprint density at radius 2 is 1.58 bits per heavy atom. The second kappa shape index (κ2) is 9.31. The van der Waals surface area contributed by atoms with Crippen molar-refractivity contribution in [3.8, 4) is 5.75 Å². The monoisotopic (exact) mass is 357 g/mol. The van der Waals surface area contributed by atoms with Crippen molar-refractivity contribution in [2.45, 2.75) is 19.8 Å². The quantitative estimate of drug-likeness (QED) is 0.427. The summed E-state index contributed by atoms with van der Waals surface area (Å²) in [7, 11) is 1.23. The summed E-state index contributed by atoms with van der Waals surface area (Å²) in [4.78, 5) is 39.3. The lowest BCUT2D eigenvalue weighted by molar-refractivity contribution is 0.0499. The lowest BCUT2D eigenvalue weighted by atomic mass is 10.2. The number of nitrogens with zero attached hydrogens (tertiary/aromatic N) is 1. The van der Waals surface area contributed by atoms with Gasteiger partial charge in [-0.25, -0.2) is 19.4 Å². The minimum atomic E-state index is -0.728. The van der Waals surface area contributed by atoms with Crippen molar-refractivity contribution in [2.75, 3.05) is 13.7 Å². The highest BCUT2D eigenvalue weighted by Crippen LogP contribution is 2.15. The summed E-state index contributed by atoms with van der Waals surface area (Å²) in [5.74, 6) is -1.56. The molecule has 0 aliphatic carbocycles. The van der Waals surface area contributed by atoms with E-state index in [2.05, 4.69) is 9.72 Å². The number of rotatable bonds is 7. The Labute approximate surface area is 150 Å². The van der Waals surface area contributed by atoms with Crippen molar-refractivity contribution in [1.82, 2.24) is 4.98 Å². The molecule has 136 valence electrons. The molecule has 0 radical (unpaired) electrons. The fourth-order valence-corrected chi connectivity index (χ4v) is 1.98. The van der Waals surface area contributed by atoms with E-state index in [0.717, 1.165) is 12.8 Å². The molecule has 2 aromatic rings. The van der Waals surface area contributed by atoms with Crippen LogP contribution in [0.4, 0.5) is 0 Å². The molecule has 7 nitrogen and oxygen atoms in total. The molecule has 0 amide bonds. The molecule has 0 spiro atoms. The summed E-state index contributed by atoms with van der Waals surface area (Å²) in [5.41, 5.74) is 0.342. The van der Waals surface area contributed by atoms with Gasteiger partial charge in [0.25, 0.3) is 0 Å². The van der Waals surface area contributed by atoms with Gasteiger partial charge in [0.05, 0.1) is 19.3 Å². The van der Waals surface area contributed by atoms with Crippen LogP contribution in [0.5, 0.6) is 5.75 Å². The van der Waals surface area contributed by atoms with E-state index in [4.69, 9.17) is 9.47 Å². The van der Waals surface area contributed by atoms with Gasteiger partial charge < -0.3 is 14.2 Å². The molecule has 0 saturated carbocycles. The van der Waals surface area contributed by atoms with Gasteiger partial charge in [-0.3, -0.25) is 0 Å². The first-order valence-electron chi connectivity index (χ1n) is 8.10. The molecular weight excluding hydrogens is 338 g/mol. The highest BCUT2D eigenvalue weighted by atomic mass is 16.5. The maximum absolute atomic E-state index is 12.1. The molecule has 0 saturated heterocycles. The third-order valence-corrected chi connectivity index (χ3v) is 3.38. The summed E-state index contributed by atoms with van der Waals surface area (Å²) in [6, 6.07) is 10.3. The van der Waals surface area contributed by atoms with Gasteiger partial charge in [0, 0.05) is 0 Å². The number of pyridine rings is 1. The van der Waals surface area contributed by atoms with Crippen LogP contribution in [-0.4, -0.2) is 36.6 Å². The standard InChI is InChI=1S/C19H19NO6/c1-3-4-12-25-17(21)13-8-10-14(11-9-13)26-19(23)16-7-5-6-15(20-16)18(22)24-2/h5-11H,3-4,12H2,1-2H3. The molecule has 0 bridgehead atoms. The average Bonchev–Trinajstić information content (AvgIpc) is 2.68. The molecule has 0 N–H and O–H groups in total. The van der Waals surface area contributed by atoms with E-state index in [1.807, 2.05) is 6.92 Å². The minimum Gasteiger partial charge on any atom is -0.464 e. The number of benzene rings is 1. The fraction of sp³-hybridized carbons (Fsp3) is 0.263. The molecule has 7 heteroatoms. The van der Waals surface area contributed by atoms with Crippen LogP contribution >= 0.6 is 0 Å². The van der Waals surface area contributed by atoms with Crippen LogP contribution in [0.15, 0.2) is 42.5 Å². The van der Waals surface area contributed by atoms with Gasteiger partial charge in [-0.15, -0.1) is 0 Å². The molecule has 0 atom stereocenters. The lowest BCUT2D eigenvalue weighted by Crippen LogP contribution is -2.14. The normalized spacial score (nSPS) is 10.1. The topological polar surface area (TPSA) is 91.8 Å². The average molecular weight is 357 g/mol. The Hall–Kier alpha value is -3.22. The van der Waals surface area contributed by atoms with Crippen LogP contribution < -0.4 is 4.74 Å². The van der Waals surface area contributed by atoms with Crippen molar-refractivity contribution < 1.29 is 28.6 Å². The number of aromatic nitrogens is 1. The Kier molecular flexibility index (Phi) is 6.84. The van der Waals surface area contributed by atoms with Gasteiger partial charge in [-0.1, -0.05) is 19.4 Å². The highest BCUT2D eigenvalue weighted by Gasteiger charge is 2.15. The van der Waals surface area contributed by atoms with Gasteiger partial charge >= 0.3 is 17.9 Å². The SMILES string of the molecule is CCCCOC(=O)c1ccc(OC(=O)c2cccc(C(=O)OC)n2)cc1. The predicted octanol–water partition coefficient (Wildman–Crippen LogP) is 3.04. The molecule has 0 aliphatic heterocycles. The van der Waals surface area contributed by atoms with E-state index < -0.39 is 17.9 Å². The van der Waals surface area contributed by atoms with Gasteiger partial charge in [0.15, 0.2) is 0 Å². The zero-order valence-electron chi connectivity index (χ0n) is 14.6. The van der Waals surface area contributed by atoms with Crippen LogP contribution in [0.2, 0.25) is 0 Å². The molecule has 0 aliphatic rings. The lowest BCUT2D eigenvalue weighted by Gasteiger charge is -2.07. The molecule has 1 heterocycles. The second-order valence-corrected chi connectivity index (χ2v) is 5.30. The molecule has 1 aromatic heterocycles. The largest absolute Gasteiger partial charge is 0.464 e. The van der Waals surface area contributed by atoms with Crippen LogP contribution in [-0.2, 0) is 9.47 Å². The van der Waals surface area contributed by atoms with Gasteiger partial charge in [0.1, 0.15) is 17.1 Å². The smallest absolute Gasteiger partial charge is 0.362 e. The Morgan fingerprint density at radius 3 is 2.19 bits per heavy atom. The van der Waals surface area contributed by atoms with E-state index in [9.17, 15) is 14.4 Å². The molecule has 1 aromatic carbocycles. The molecule has 2 rings (SSSR count). The number of methoxy groups -OCH3 is 1. The zero-order valence-corrected chi connectivity index (χ0v) is 14.6. The first-order chi connectivity index (χ1) is 12.5. The minimum absolute atomic E-state index is 0.00660. The van der Waals surface area contributed by atoms with E-state index in [-0.39, 0.29) is 17.1 Å². The number of esters is 3. The maximum atomic E-state index is 12.1. The predicted molar refractivity (Wildman–Crippen MR) is 92.2 cm³/mol. The number of hydrogen-bond donors (Lipinski definition) is 0. The van der Waals surface area contributed by atoms with Crippen molar-refractivity contribution >= 4 is 17.9 Å². The number of unbranched alkanes of at least 4 members (excludes halogenated alkanes) is 1. The van der Waals surface area contributed by atoms with Crippen molar-refractivity contribution in [3.63, 3.8) is 0 Å². The van der Waals surface area contributed by atoms with Crippen LogP contribution in [0.1, 0.15) is 51.1 Å². The van der Waals surface area contributed by atoms with E-state index >= 15 is 0 Å². The first kappa shape index (κ1) is 19.1. The zero-order chi connectivity index (χ0) is 18.9. The highest BCUT2D eigenvalue weighted by molar-refractivity contribution is 5.93. The second-order valence-electron chi connectivity index (χ2n) is 5.30. The summed E-state index contributed by atoms with van der Waals surface area (Å²) < 4.78 is 14.9. The summed E-state index contributed by atoms with van der Waals surface area (Å²) in [6.07, 6.45) is 1.74. The van der Waals surface area contributed by atoms with Crippen LogP contribution in [0.25, 0.3) is 0 Å². The van der Waals surface area contributed by atoms with E-state index in [1.165, 1.54) is 49.6 Å². The number of carbonyl (C=O) groups is 3. The van der Waals surface area contributed by atoms with Crippen molar-refractivity contribution in [3.05, 3.63) is 59.4 Å². The maximum Gasteiger partial charge on any atom is 0.362 e. The number of hydrogen-bond acceptors (Lipinski definition) is 7. The molecule has 26 heavy (non-hydrogen) atoms. The van der Waals surface area contributed by atoms with Crippen molar-refractivity contribution in [1.29, 1.82) is 0 Å². The Morgan fingerprint density at radius 1 is 0.923 bits per heavy atom. The van der Waals surface area contributed by atoms with Crippen molar-refractivity contribution in [2.24, 2.45) is 0 Å². The van der Waals surface area contributed by atoms with E-state index in [0.29, 0.717) is 12.2 Å². The summed E-state index contributed by atoms with van der Waals surface area (Å²) in [5, 5.41) is 0. The molecular formula is C19H19NO6. The van der Waals surface area contributed by atoms with Crippen LogP contribution in [0, 0.1) is 0 Å². The third-order valence-electron chi connectivity index (χ3n) is 3.38. The Balaban J connectivity index is 2.01. The number of ether oxygens (including phenoxy) is 3. The summed E-state index contributed by atoms with van der Waals surface area (Å²) >= 11 is 0. The summed E-state index contributed by atoms with van der Waals surface area (Å²) in [6.45, 7) is 2.38. The van der Waals surface area contributed by atoms with Gasteiger partial charge in [0.2, 0.25) is 0 Å². The van der Waals surface area contributed by atoms with E-state index in [1.54, 1.807) is 0 Å². The fourth-order valence-electron chi connectivity index (χ4n) is 1.98. The molecule has 0 unspecified atom stereocenters. The number of carbonyl (C=O) groups excluding carboxylic acids is 3. The third kappa shape index (κ3) is 5.14. The molecule has 0 fully saturated rings. The first-order valence-corrected chi connectivity index (χ1v) is 8.10. The van der Waals surface area contributed by atoms with Gasteiger partial charge in [-0.05, 0) is 42.8 Å². The van der Waals surface area contributed by atoms with Gasteiger partial charge in [-0.2, -0.15) is 0 Å².